The van der Waals surface area contributed by atoms with Gasteiger partial charge < -0.3 is 10.5 Å². The fraction of sp³-hybridized carbons (Fsp3) is 0.0833. The molecule has 0 saturated carbocycles. The highest BCUT2D eigenvalue weighted by molar-refractivity contribution is 7.99. The van der Waals surface area contributed by atoms with Crippen molar-refractivity contribution in [3.8, 4) is 5.75 Å². The van der Waals surface area contributed by atoms with Crippen molar-refractivity contribution in [2.45, 2.75) is 9.92 Å². The van der Waals surface area contributed by atoms with Crippen LogP contribution in [0, 0.1) is 10.1 Å². The molecule has 6 nitrogen and oxygen atoms in total. The normalized spacial score (nSPS) is 10.2. The van der Waals surface area contributed by atoms with E-state index in [2.05, 4.69) is 4.98 Å². The lowest BCUT2D eigenvalue weighted by molar-refractivity contribution is -0.384. The first-order chi connectivity index (χ1) is 9.10. The number of nitro groups is 1. The Morgan fingerprint density at radius 3 is 2.79 bits per heavy atom. The van der Waals surface area contributed by atoms with E-state index in [9.17, 15) is 10.1 Å². The van der Waals surface area contributed by atoms with Gasteiger partial charge >= 0.3 is 5.69 Å². The fourth-order valence-electron chi connectivity index (χ4n) is 1.45. The lowest BCUT2D eigenvalue weighted by Gasteiger charge is -2.04. The maximum atomic E-state index is 10.6. The van der Waals surface area contributed by atoms with Crippen molar-refractivity contribution in [3.63, 3.8) is 0 Å². The van der Waals surface area contributed by atoms with Gasteiger partial charge in [0.1, 0.15) is 10.8 Å². The van der Waals surface area contributed by atoms with E-state index in [0.717, 1.165) is 10.6 Å². The maximum absolute atomic E-state index is 10.6. The number of nitrogens with zero attached hydrogens (tertiary/aromatic N) is 2. The van der Waals surface area contributed by atoms with E-state index in [1.807, 2.05) is 24.3 Å². The highest BCUT2D eigenvalue weighted by Gasteiger charge is 2.13. The number of anilines is 1. The molecule has 0 saturated heterocycles. The monoisotopic (exact) mass is 277 g/mol. The van der Waals surface area contributed by atoms with Gasteiger partial charge in [0.25, 0.3) is 0 Å². The minimum absolute atomic E-state index is 0.0853. The summed E-state index contributed by atoms with van der Waals surface area (Å²) in [6.07, 6.45) is 0. The molecule has 0 aliphatic carbocycles. The molecule has 0 fully saturated rings. The first kappa shape index (κ1) is 13.2. The quantitative estimate of drug-likeness (QED) is 0.682. The Bertz CT molecular complexity index is 619. The number of ether oxygens (including phenoxy) is 1. The van der Waals surface area contributed by atoms with Gasteiger partial charge in [0.2, 0.25) is 5.82 Å². The number of pyridine rings is 1. The van der Waals surface area contributed by atoms with E-state index >= 15 is 0 Å². The zero-order valence-corrected chi connectivity index (χ0v) is 10.9. The van der Waals surface area contributed by atoms with E-state index in [1.54, 1.807) is 13.2 Å². The molecule has 0 aliphatic rings. The number of rotatable bonds is 4. The summed E-state index contributed by atoms with van der Waals surface area (Å²) in [5.41, 5.74) is 5.36. The van der Waals surface area contributed by atoms with Gasteiger partial charge in [0.05, 0.1) is 12.0 Å². The number of hydrogen-bond acceptors (Lipinski definition) is 6. The van der Waals surface area contributed by atoms with Crippen LogP contribution in [0.2, 0.25) is 0 Å². The fourth-order valence-corrected chi connectivity index (χ4v) is 2.29. The molecule has 2 aromatic rings. The predicted octanol–water partition coefficient (Wildman–Crippen LogP) is 2.73. The van der Waals surface area contributed by atoms with E-state index in [-0.39, 0.29) is 11.5 Å². The molecule has 0 atom stereocenters. The van der Waals surface area contributed by atoms with E-state index in [0.29, 0.717) is 5.03 Å². The Balaban J connectivity index is 2.23. The van der Waals surface area contributed by atoms with Crippen LogP contribution in [0.5, 0.6) is 5.75 Å². The SMILES string of the molecule is COc1cccc(Sc2ccc([N+](=O)[O-])c(N)n2)c1. The first-order valence-corrected chi connectivity index (χ1v) is 6.14. The molecule has 98 valence electrons. The van der Waals surface area contributed by atoms with Gasteiger partial charge in [0, 0.05) is 11.0 Å². The Kier molecular flexibility index (Phi) is 3.86. The molecule has 2 rings (SSSR count). The summed E-state index contributed by atoms with van der Waals surface area (Å²) in [4.78, 5) is 15.0. The summed E-state index contributed by atoms with van der Waals surface area (Å²) in [6.45, 7) is 0. The Labute approximate surface area is 113 Å². The second-order valence-electron chi connectivity index (χ2n) is 3.59. The second kappa shape index (κ2) is 5.57. The van der Waals surface area contributed by atoms with E-state index in [4.69, 9.17) is 10.5 Å². The number of hydrogen-bond donors (Lipinski definition) is 1. The molecule has 7 heteroatoms. The summed E-state index contributed by atoms with van der Waals surface area (Å²) in [7, 11) is 1.59. The zero-order valence-electron chi connectivity index (χ0n) is 10.1. The first-order valence-electron chi connectivity index (χ1n) is 5.33. The molecule has 1 heterocycles. The van der Waals surface area contributed by atoms with Gasteiger partial charge in [-0.1, -0.05) is 17.8 Å². The summed E-state index contributed by atoms with van der Waals surface area (Å²) in [5.74, 6) is 0.651. The minimum Gasteiger partial charge on any atom is -0.497 e. The van der Waals surface area contributed by atoms with Gasteiger partial charge in [-0.2, -0.15) is 0 Å². The smallest absolute Gasteiger partial charge is 0.311 e. The standard InChI is InChI=1S/C12H11N3O3S/c1-18-8-3-2-4-9(7-8)19-11-6-5-10(15(16)17)12(13)14-11/h2-7H,1H3,(H2,13,14). The van der Waals surface area contributed by atoms with Gasteiger partial charge in [-0.15, -0.1) is 0 Å². The Morgan fingerprint density at radius 2 is 2.16 bits per heavy atom. The third kappa shape index (κ3) is 3.14. The van der Waals surface area contributed by atoms with Gasteiger partial charge in [0.15, 0.2) is 0 Å². The molecular weight excluding hydrogens is 266 g/mol. The Morgan fingerprint density at radius 1 is 1.37 bits per heavy atom. The van der Waals surface area contributed by atoms with Crippen molar-refractivity contribution in [2.24, 2.45) is 0 Å². The van der Waals surface area contributed by atoms with Crippen molar-refractivity contribution < 1.29 is 9.66 Å². The molecule has 19 heavy (non-hydrogen) atoms. The number of nitrogen functional groups attached to an aromatic ring is 1. The van der Waals surface area contributed by atoms with E-state index < -0.39 is 4.92 Å². The summed E-state index contributed by atoms with van der Waals surface area (Å²) in [6, 6.07) is 10.4. The lowest BCUT2D eigenvalue weighted by Crippen LogP contribution is -1.98. The van der Waals surface area contributed by atoms with Crippen LogP contribution in [0.4, 0.5) is 11.5 Å². The molecule has 0 spiro atoms. The average Bonchev–Trinajstić information content (AvgIpc) is 2.38. The van der Waals surface area contributed by atoms with Crippen molar-refractivity contribution >= 4 is 23.3 Å². The largest absolute Gasteiger partial charge is 0.497 e. The van der Waals surface area contributed by atoms with Crippen LogP contribution in [0.1, 0.15) is 0 Å². The van der Waals surface area contributed by atoms with Gasteiger partial charge in [-0.05, 0) is 24.3 Å². The molecule has 0 bridgehead atoms. The number of aromatic nitrogens is 1. The topological polar surface area (TPSA) is 91.3 Å². The van der Waals surface area contributed by atoms with Crippen LogP contribution < -0.4 is 10.5 Å². The van der Waals surface area contributed by atoms with Crippen LogP contribution in [0.3, 0.4) is 0 Å². The molecule has 2 N–H and O–H groups in total. The average molecular weight is 277 g/mol. The van der Waals surface area contributed by atoms with Crippen molar-refractivity contribution in [3.05, 3.63) is 46.5 Å². The molecule has 0 amide bonds. The molecule has 0 unspecified atom stereocenters. The molecule has 0 aliphatic heterocycles. The van der Waals surface area contributed by atoms with Crippen molar-refractivity contribution in [2.75, 3.05) is 12.8 Å². The predicted molar refractivity (Wildman–Crippen MR) is 72.4 cm³/mol. The number of benzene rings is 1. The second-order valence-corrected chi connectivity index (χ2v) is 4.69. The van der Waals surface area contributed by atoms with Crippen LogP contribution in [0.25, 0.3) is 0 Å². The summed E-state index contributed by atoms with van der Waals surface area (Å²) < 4.78 is 5.12. The molecule has 1 aromatic heterocycles. The maximum Gasteiger partial charge on any atom is 0.311 e. The Hall–Kier alpha value is -2.28. The zero-order chi connectivity index (χ0) is 13.8. The third-order valence-electron chi connectivity index (χ3n) is 2.34. The molecular formula is C12H11N3O3S. The van der Waals surface area contributed by atoms with Gasteiger partial charge in [-0.3, -0.25) is 10.1 Å². The number of methoxy groups -OCH3 is 1. The highest BCUT2D eigenvalue weighted by atomic mass is 32.2. The van der Waals surface area contributed by atoms with Gasteiger partial charge in [-0.25, -0.2) is 4.98 Å². The van der Waals surface area contributed by atoms with Crippen LogP contribution in [-0.4, -0.2) is 17.0 Å². The number of nitrogens with two attached hydrogens (primary N) is 1. The third-order valence-corrected chi connectivity index (χ3v) is 3.26. The van der Waals surface area contributed by atoms with Crippen molar-refractivity contribution in [1.82, 2.24) is 4.98 Å². The molecule has 0 radical (unpaired) electrons. The lowest BCUT2D eigenvalue weighted by atomic mass is 10.3. The summed E-state index contributed by atoms with van der Waals surface area (Å²) in [5, 5.41) is 11.2. The summed E-state index contributed by atoms with van der Waals surface area (Å²) >= 11 is 1.36. The highest BCUT2D eigenvalue weighted by Crippen LogP contribution is 2.31. The van der Waals surface area contributed by atoms with Crippen LogP contribution in [0.15, 0.2) is 46.3 Å². The van der Waals surface area contributed by atoms with E-state index in [1.165, 1.54) is 17.8 Å². The molecule has 1 aromatic carbocycles. The van der Waals surface area contributed by atoms with Crippen LogP contribution >= 0.6 is 11.8 Å². The van der Waals surface area contributed by atoms with Crippen LogP contribution in [-0.2, 0) is 0 Å². The van der Waals surface area contributed by atoms with Crippen molar-refractivity contribution in [1.29, 1.82) is 0 Å². The minimum atomic E-state index is -0.553.